The van der Waals surface area contributed by atoms with Crippen LogP contribution in [-0.2, 0) is 4.74 Å². The molecular formula is C13H17ClN4O2. The molecule has 0 bridgehead atoms. The molecule has 1 atom stereocenters. The van der Waals surface area contributed by atoms with Crippen LogP contribution in [0.3, 0.4) is 0 Å². The predicted molar refractivity (Wildman–Crippen MR) is 75.4 cm³/mol. The summed E-state index contributed by atoms with van der Waals surface area (Å²) in [5.41, 5.74) is 0.386. The van der Waals surface area contributed by atoms with Crippen molar-refractivity contribution in [1.29, 1.82) is 0 Å². The summed E-state index contributed by atoms with van der Waals surface area (Å²) in [5, 5.41) is 0.222. The fraction of sp³-hybridized carbons (Fsp3) is 0.615. The Balaban J connectivity index is 1.73. The molecule has 0 aliphatic carbocycles. The SMILES string of the molecule is O=Cc1c(Cl)ncnc1N1CCC(N2CCOCC2)C1. The molecule has 0 saturated carbocycles. The van der Waals surface area contributed by atoms with Gasteiger partial charge in [-0.05, 0) is 6.42 Å². The van der Waals surface area contributed by atoms with Crippen molar-refractivity contribution in [3.05, 3.63) is 17.0 Å². The number of carbonyl (C=O) groups excluding carboxylic acids is 1. The molecule has 2 saturated heterocycles. The van der Waals surface area contributed by atoms with Gasteiger partial charge in [0.05, 0.1) is 18.8 Å². The quantitative estimate of drug-likeness (QED) is 0.609. The van der Waals surface area contributed by atoms with Crippen LogP contribution in [0, 0.1) is 0 Å². The summed E-state index contributed by atoms with van der Waals surface area (Å²) < 4.78 is 5.38. The van der Waals surface area contributed by atoms with Gasteiger partial charge in [0.15, 0.2) is 6.29 Å². The van der Waals surface area contributed by atoms with Gasteiger partial charge < -0.3 is 9.64 Å². The van der Waals surface area contributed by atoms with Gasteiger partial charge in [0.1, 0.15) is 17.3 Å². The summed E-state index contributed by atoms with van der Waals surface area (Å²) in [6, 6.07) is 0.493. The van der Waals surface area contributed by atoms with E-state index in [9.17, 15) is 4.79 Å². The van der Waals surface area contributed by atoms with Gasteiger partial charge in [-0.15, -0.1) is 0 Å². The van der Waals surface area contributed by atoms with E-state index in [1.807, 2.05) is 0 Å². The Labute approximate surface area is 122 Å². The van der Waals surface area contributed by atoms with Gasteiger partial charge in [0.25, 0.3) is 0 Å². The molecule has 20 heavy (non-hydrogen) atoms. The number of halogens is 1. The average molecular weight is 297 g/mol. The zero-order chi connectivity index (χ0) is 13.9. The van der Waals surface area contributed by atoms with Crippen molar-refractivity contribution in [2.45, 2.75) is 12.5 Å². The molecule has 3 heterocycles. The maximum Gasteiger partial charge on any atom is 0.156 e. The molecule has 2 aliphatic rings. The second-order valence-corrected chi connectivity index (χ2v) is 5.41. The van der Waals surface area contributed by atoms with Crippen molar-refractivity contribution < 1.29 is 9.53 Å². The van der Waals surface area contributed by atoms with E-state index in [0.717, 1.165) is 52.1 Å². The number of anilines is 1. The van der Waals surface area contributed by atoms with Crippen molar-refractivity contribution in [2.75, 3.05) is 44.3 Å². The largest absolute Gasteiger partial charge is 0.379 e. The zero-order valence-electron chi connectivity index (χ0n) is 11.2. The van der Waals surface area contributed by atoms with E-state index in [1.165, 1.54) is 6.33 Å². The molecule has 0 amide bonds. The lowest BCUT2D eigenvalue weighted by atomic mass is 10.2. The van der Waals surface area contributed by atoms with Gasteiger partial charge in [-0.3, -0.25) is 9.69 Å². The molecule has 3 rings (SSSR count). The normalized spacial score (nSPS) is 24.1. The highest BCUT2D eigenvalue weighted by Gasteiger charge is 2.30. The van der Waals surface area contributed by atoms with Crippen LogP contribution in [0.1, 0.15) is 16.8 Å². The van der Waals surface area contributed by atoms with Crippen LogP contribution in [-0.4, -0.2) is 66.6 Å². The molecular weight excluding hydrogens is 280 g/mol. The molecule has 0 radical (unpaired) electrons. The maximum atomic E-state index is 11.2. The van der Waals surface area contributed by atoms with E-state index in [0.29, 0.717) is 17.4 Å². The Kier molecular flexibility index (Phi) is 4.14. The number of rotatable bonds is 3. The van der Waals surface area contributed by atoms with Gasteiger partial charge in [0.2, 0.25) is 0 Å². The predicted octanol–water partition coefficient (Wildman–Crippen LogP) is 0.853. The third kappa shape index (κ3) is 2.63. The molecule has 1 unspecified atom stereocenters. The van der Waals surface area contributed by atoms with Crippen LogP contribution < -0.4 is 4.90 Å². The third-order valence-electron chi connectivity index (χ3n) is 3.96. The van der Waals surface area contributed by atoms with Crippen LogP contribution in [0.2, 0.25) is 5.15 Å². The number of hydrogen-bond donors (Lipinski definition) is 0. The van der Waals surface area contributed by atoms with Gasteiger partial charge in [-0.2, -0.15) is 0 Å². The number of ether oxygens (including phenoxy) is 1. The van der Waals surface area contributed by atoms with Gasteiger partial charge >= 0.3 is 0 Å². The summed E-state index contributed by atoms with van der Waals surface area (Å²) in [6.45, 7) is 5.31. The Morgan fingerprint density at radius 3 is 2.85 bits per heavy atom. The molecule has 108 valence electrons. The first-order valence-electron chi connectivity index (χ1n) is 6.82. The molecule has 0 aromatic carbocycles. The molecule has 2 aliphatic heterocycles. The highest BCUT2D eigenvalue weighted by atomic mass is 35.5. The van der Waals surface area contributed by atoms with Crippen LogP contribution in [0.25, 0.3) is 0 Å². The second-order valence-electron chi connectivity index (χ2n) is 5.06. The minimum absolute atomic E-state index is 0.222. The minimum atomic E-state index is 0.222. The zero-order valence-corrected chi connectivity index (χ0v) is 11.9. The lowest BCUT2D eigenvalue weighted by molar-refractivity contribution is 0.0209. The van der Waals surface area contributed by atoms with Crippen molar-refractivity contribution >= 4 is 23.7 Å². The van der Waals surface area contributed by atoms with Gasteiger partial charge in [-0.25, -0.2) is 9.97 Å². The molecule has 7 heteroatoms. The highest BCUT2D eigenvalue weighted by Crippen LogP contribution is 2.26. The van der Waals surface area contributed by atoms with Crippen LogP contribution in [0.5, 0.6) is 0 Å². The number of morpholine rings is 1. The van der Waals surface area contributed by atoms with E-state index in [-0.39, 0.29) is 5.15 Å². The average Bonchev–Trinajstić information content (AvgIpc) is 2.97. The number of aromatic nitrogens is 2. The fourth-order valence-corrected chi connectivity index (χ4v) is 3.07. The van der Waals surface area contributed by atoms with Crippen molar-refractivity contribution in [3.63, 3.8) is 0 Å². The summed E-state index contributed by atoms with van der Waals surface area (Å²) in [5.74, 6) is 0.649. The summed E-state index contributed by atoms with van der Waals surface area (Å²) in [7, 11) is 0. The Bertz CT molecular complexity index is 493. The van der Waals surface area contributed by atoms with Crippen molar-refractivity contribution in [2.24, 2.45) is 0 Å². The fourth-order valence-electron chi connectivity index (χ4n) is 2.89. The number of nitrogens with zero attached hydrogens (tertiary/aromatic N) is 4. The molecule has 2 fully saturated rings. The van der Waals surface area contributed by atoms with E-state index in [2.05, 4.69) is 19.8 Å². The van der Waals surface area contributed by atoms with E-state index < -0.39 is 0 Å². The lowest BCUT2D eigenvalue weighted by Crippen LogP contribution is -2.44. The van der Waals surface area contributed by atoms with Crippen molar-refractivity contribution in [1.82, 2.24) is 14.9 Å². The first-order chi connectivity index (χ1) is 9.79. The van der Waals surface area contributed by atoms with Crippen LogP contribution >= 0.6 is 11.6 Å². The first-order valence-corrected chi connectivity index (χ1v) is 7.20. The second kappa shape index (κ2) is 6.03. The molecule has 0 spiro atoms. The minimum Gasteiger partial charge on any atom is -0.379 e. The topological polar surface area (TPSA) is 58.6 Å². The van der Waals surface area contributed by atoms with Gasteiger partial charge in [0, 0.05) is 32.2 Å². The molecule has 0 N–H and O–H groups in total. The molecule has 6 nitrogen and oxygen atoms in total. The van der Waals surface area contributed by atoms with E-state index in [4.69, 9.17) is 16.3 Å². The Morgan fingerprint density at radius 1 is 1.30 bits per heavy atom. The maximum absolute atomic E-state index is 11.2. The monoisotopic (exact) mass is 296 g/mol. The Hall–Kier alpha value is -1.24. The van der Waals surface area contributed by atoms with Crippen LogP contribution in [0.15, 0.2) is 6.33 Å². The highest BCUT2D eigenvalue weighted by molar-refractivity contribution is 6.32. The Morgan fingerprint density at radius 2 is 2.10 bits per heavy atom. The molecule has 1 aromatic heterocycles. The molecule has 1 aromatic rings. The summed E-state index contributed by atoms with van der Waals surface area (Å²) in [6.07, 6.45) is 3.21. The number of carbonyl (C=O) groups is 1. The van der Waals surface area contributed by atoms with Gasteiger partial charge in [-0.1, -0.05) is 11.6 Å². The lowest BCUT2D eigenvalue weighted by Gasteiger charge is -2.32. The van der Waals surface area contributed by atoms with Crippen LogP contribution in [0.4, 0.5) is 5.82 Å². The smallest absolute Gasteiger partial charge is 0.156 e. The van der Waals surface area contributed by atoms with E-state index >= 15 is 0 Å². The summed E-state index contributed by atoms with van der Waals surface area (Å²) in [4.78, 5) is 23.8. The van der Waals surface area contributed by atoms with E-state index in [1.54, 1.807) is 0 Å². The first kappa shape index (κ1) is 13.7. The number of hydrogen-bond acceptors (Lipinski definition) is 6. The van der Waals surface area contributed by atoms with Crippen molar-refractivity contribution in [3.8, 4) is 0 Å². The number of aldehydes is 1. The summed E-state index contributed by atoms with van der Waals surface area (Å²) >= 11 is 5.96. The standard InChI is InChI=1S/C13H17ClN4O2/c14-12-11(8-19)13(16-9-15-12)18-2-1-10(7-18)17-3-5-20-6-4-17/h8-10H,1-7H2. The third-order valence-corrected chi connectivity index (χ3v) is 4.26.